The van der Waals surface area contributed by atoms with Crippen molar-refractivity contribution in [2.75, 3.05) is 6.54 Å². The van der Waals surface area contributed by atoms with E-state index < -0.39 is 17.6 Å². The van der Waals surface area contributed by atoms with Gasteiger partial charge in [-0.1, -0.05) is 49.4 Å². The predicted molar refractivity (Wildman–Crippen MR) is 133 cm³/mol. The van der Waals surface area contributed by atoms with Gasteiger partial charge in [-0.25, -0.2) is 9.69 Å². The number of hydrogen-bond acceptors (Lipinski definition) is 5. The Hall–Kier alpha value is -3.74. The van der Waals surface area contributed by atoms with E-state index in [4.69, 9.17) is 4.74 Å². The summed E-state index contributed by atoms with van der Waals surface area (Å²) in [5, 5.41) is 6.94. The molecule has 6 rings (SSSR count). The zero-order valence-electron chi connectivity index (χ0n) is 20.3. The first-order valence-corrected chi connectivity index (χ1v) is 12.7. The van der Waals surface area contributed by atoms with Crippen molar-refractivity contribution in [2.24, 2.45) is 17.8 Å². The van der Waals surface area contributed by atoms with Gasteiger partial charge in [-0.15, -0.1) is 0 Å². The Balaban J connectivity index is 1.26. The largest absolute Gasteiger partial charge is 0.427 e. The molecule has 184 valence electrons. The molecule has 2 heterocycles. The van der Waals surface area contributed by atoms with Gasteiger partial charge < -0.3 is 4.74 Å². The van der Waals surface area contributed by atoms with Gasteiger partial charge in [-0.2, -0.15) is 5.10 Å². The smallest absolute Gasteiger partial charge is 0.418 e. The Labute approximate surface area is 209 Å². The van der Waals surface area contributed by atoms with Crippen LogP contribution in [-0.4, -0.2) is 39.4 Å². The van der Waals surface area contributed by atoms with E-state index in [9.17, 15) is 14.4 Å². The number of carbonyl (C=O) groups is 3. The van der Waals surface area contributed by atoms with E-state index in [1.165, 1.54) is 0 Å². The maximum atomic E-state index is 13.7. The summed E-state index contributed by atoms with van der Waals surface area (Å²) < 4.78 is 5.81. The van der Waals surface area contributed by atoms with Crippen molar-refractivity contribution in [1.29, 1.82) is 0 Å². The quantitative estimate of drug-likeness (QED) is 0.503. The Morgan fingerprint density at radius 1 is 1.17 bits per heavy atom. The first-order valence-electron chi connectivity index (χ1n) is 12.7. The number of fused-ring (bicyclic) bond motifs is 2. The van der Waals surface area contributed by atoms with Crippen LogP contribution < -0.4 is 0 Å². The molecule has 1 N–H and O–H groups in total. The molecule has 2 amide bonds. The molecule has 2 fully saturated rings. The second kappa shape index (κ2) is 8.73. The van der Waals surface area contributed by atoms with E-state index >= 15 is 0 Å². The summed E-state index contributed by atoms with van der Waals surface area (Å²) in [6, 6.07) is 17.7. The number of imide groups is 1. The number of ether oxygens (including phenoxy) is 1. The lowest BCUT2D eigenvalue weighted by Crippen LogP contribution is -2.42. The average molecular weight is 484 g/mol. The van der Waals surface area contributed by atoms with Crippen molar-refractivity contribution in [3.05, 3.63) is 77.5 Å². The molecular weight excluding hydrogens is 454 g/mol. The van der Waals surface area contributed by atoms with Gasteiger partial charge in [0.2, 0.25) is 5.60 Å². The number of ketones is 1. The number of aromatic nitrogens is 2. The molecule has 3 unspecified atom stereocenters. The summed E-state index contributed by atoms with van der Waals surface area (Å²) in [6.07, 6.45) is 4.82. The molecule has 0 bridgehead atoms. The molecule has 1 saturated carbocycles. The molecule has 36 heavy (non-hydrogen) atoms. The summed E-state index contributed by atoms with van der Waals surface area (Å²) in [7, 11) is 0. The lowest BCUT2D eigenvalue weighted by atomic mass is 9.81. The van der Waals surface area contributed by atoms with Crippen molar-refractivity contribution in [3.63, 3.8) is 0 Å². The number of hydrogen-bond donors (Lipinski definition) is 1. The molecule has 1 aromatic heterocycles. The highest BCUT2D eigenvalue weighted by Crippen LogP contribution is 2.47. The van der Waals surface area contributed by atoms with Gasteiger partial charge in [-0.05, 0) is 66.3 Å². The van der Waals surface area contributed by atoms with Crippen molar-refractivity contribution in [2.45, 2.75) is 44.6 Å². The first-order chi connectivity index (χ1) is 17.5. The molecule has 1 saturated heterocycles. The highest BCUT2D eigenvalue weighted by atomic mass is 16.6. The number of amides is 2. The van der Waals surface area contributed by atoms with Crippen LogP contribution in [-0.2, 0) is 32.8 Å². The standard InChI is InChI=1S/C29H29N3O4/c1-18(20-7-8-20)23(15-19-5-3-2-4-6-19)26(33)17-32-27(34)29(36-28(32)35)13-11-21-9-10-22(16-24(21)29)25-12-14-30-31-25/h2-6,9-10,12,14,16,18,20,23H,7-8,11,13,15,17H2,1H3,(H,30,31). The SMILES string of the molecule is CC(C1CC1)C(Cc1ccccc1)C(=O)CN1C(=O)OC2(CCc3ccc(-c4ccn[nH]4)cc32)C1=O. The van der Waals surface area contributed by atoms with Gasteiger partial charge in [-0.3, -0.25) is 14.7 Å². The highest BCUT2D eigenvalue weighted by molar-refractivity contribution is 6.06. The maximum absolute atomic E-state index is 13.7. The second-order valence-corrected chi connectivity index (χ2v) is 10.4. The van der Waals surface area contributed by atoms with E-state index in [2.05, 4.69) is 17.1 Å². The van der Waals surface area contributed by atoms with Crippen LogP contribution in [0.1, 0.15) is 42.9 Å². The molecule has 1 aliphatic heterocycles. The van der Waals surface area contributed by atoms with Crippen LogP contribution in [0, 0.1) is 17.8 Å². The zero-order valence-corrected chi connectivity index (χ0v) is 20.3. The fourth-order valence-corrected chi connectivity index (χ4v) is 5.90. The van der Waals surface area contributed by atoms with Crippen molar-refractivity contribution in [3.8, 4) is 11.3 Å². The van der Waals surface area contributed by atoms with Crippen LogP contribution in [0.2, 0.25) is 0 Å². The molecule has 7 nitrogen and oxygen atoms in total. The summed E-state index contributed by atoms with van der Waals surface area (Å²) >= 11 is 0. The number of aryl methyl sites for hydroxylation is 1. The number of H-pyrrole nitrogens is 1. The van der Waals surface area contributed by atoms with Crippen LogP contribution in [0.4, 0.5) is 4.79 Å². The van der Waals surface area contributed by atoms with E-state index in [1.807, 2.05) is 54.6 Å². The van der Waals surface area contributed by atoms with Gasteiger partial charge in [0.25, 0.3) is 5.91 Å². The van der Waals surface area contributed by atoms with Gasteiger partial charge in [0.15, 0.2) is 5.78 Å². The number of carbonyl (C=O) groups excluding carboxylic acids is 3. The molecule has 3 aromatic rings. The average Bonchev–Trinajstić information content (AvgIpc) is 3.39. The van der Waals surface area contributed by atoms with E-state index in [0.29, 0.717) is 30.7 Å². The summed E-state index contributed by atoms with van der Waals surface area (Å²) in [5.41, 5.74) is 3.10. The zero-order chi connectivity index (χ0) is 24.9. The van der Waals surface area contributed by atoms with Gasteiger partial charge in [0.1, 0.15) is 0 Å². The predicted octanol–water partition coefficient (Wildman–Crippen LogP) is 4.67. The van der Waals surface area contributed by atoms with Crippen LogP contribution >= 0.6 is 0 Å². The molecule has 3 aliphatic rings. The monoisotopic (exact) mass is 483 g/mol. The minimum Gasteiger partial charge on any atom is -0.427 e. The number of aromatic amines is 1. The summed E-state index contributed by atoms with van der Waals surface area (Å²) in [5.74, 6) is -0.0359. The van der Waals surface area contributed by atoms with Crippen LogP contribution in [0.25, 0.3) is 11.3 Å². The Morgan fingerprint density at radius 2 is 1.97 bits per heavy atom. The van der Waals surface area contributed by atoms with Crippen molar-refractivity contribution in [1.82, 2.24) is 15.1 Å². The van der Waals surface area contributed by atoms with Crippen LogP contribution in [0.15, 0.2) is 60.8 Å². The number of benzene rings is 2. The van der Waals surface area contributed by atoms with Gasteiger partial charge in [0, 0.05) is 24.1 Å². The summed E-state index contributed by atoms with van der Waals surface area (Å²) in [6.45, 7) is 1.88. The third-order valence-corrected chi connectivity index (χ3v) is 8.20. The van der Waals surface area contributed by atoms with E-state index in [1.54, 1.807) is 6.20 Å². The molecule has 7 heteroatoms. The van der Waals surface area contributed by atoms with Crippen LogP contribution in [0.3, 0.4) is 0 Å². The van der Waals surface area contributed by atoms with Crippen molar-refractivity contribution < 1.29 is 19.1 Å². The minimum absolute atomic E-state index is 0.0787. The Morgan fingerprint density at radius 3 is 2.69 bits per heavy atom. The van der Waals surface area contributed by atoms with Crippen LogP contribution in [0.5, 0.6) is 0 Å². The third kappa shape index (κ3) is 3.83. The normalized spacial score (nSPS) is 22.5. The molecular formula is C29H29N3O4. The number of nitrogens with one attached hydrogen (secondary N) is 1. The van der Waals surface area contributed by atoms with Gasteiger partial charge >= 0.3 is 6.09 Å². The van der Waals surface area contributed by atoms with E-state index in [-0.39, 0.29) is 24.2 Å². The van der Waals surface area contributed by atoms with E-state index in [0.717, 1.165) is 40.1 Å². The number of rotatable bonds is 8. The summed E-state index contributed by atoms with van der Waals surface area (Å²) in [4.78, 5) is 41.4. The maximum Gasteiger partial charge on any atom is 0.418 e. The Bertz CT molecular complexity index is 1320. The van der Waals surface area contributed by atoms with Crippen molar-refractivity contribution >= 4 is 17.8 Å². The number of Topliss-reactive ketones (excluding diaryl/α,β-unsaturated/α-hetero) is 1. The number of nitrogens with zero attached hydrogens (tertiary/aromatic N) is 2. The fraction of sp³-hybridized carbons (Fsp3) is 0.379. The Kier molecular flexibility index (Phi) is 5.51. The lowest BCUT2D eigenvalue weighted by molar-refractivity contribution is -0.140. The molecule has 3 atom stereocenters. The molecule has 0 radical (unpaired) electrons. The first kappa shape index (κ1) is 22.7. The lowest BCUT2D eigenvalue weighted by Gasteiger charge is -2.25. The molecule has 2 aromatic carbocycles. The highest BCUT2D eigenvalue weighted by Gasteiger charge is 2.58. The third-order valence-electron chi connectivity index (χ3n) is 8.20. The molecule has 1 spiro atoms. The minimum atomic E-state index is -1.36. The topological polar surface area (TPSA) is 92.4 Å². The second-order valence-electron chi connectivity index (χ2n) is 10.4. The van der Waals surface area contributed by atoms with Gasteiger partial charge in [0.05, 0.1) is 12.2 Å². The molecule has 2 aliphatic carbocycles. The fourth-order valence-electron chi connectivity index (χ4n) is 5.90.